The Balaban J connectivity index is 1.80. The predicted octanol–water partition coefficient (Wildman–Crippen LogP) is 3.80. The van der Waals surface area contributed by atoms with Gasteiger partial charge < -0.3 is 15.7 Å². The summed E-state index contributed by atoms with van der Waals surface area (Å²) in [5, 5.41) is 14.7. The van der Waals surface area contributed by atoms with E-state index in [1.165, 1.54) is 24.3 Å². The fraction of sp³-hybridized carbons (Fsp3) is 0. The summed E-state index contributed by atoms with van der Waals surface area (Å²) >= 11 is 0. The molecule has 3 rings (SSSR count). The third-order valence-corrected chi connectivity index (χ3v) is 3.17. The maximum atomic E-state index is 13.9. The molecule has 0 bridgehead atoms. The molecule has 7 heteroatoms. The van der Waals surface area contributed by atoms with E-state index in [9.17, 15) is 9.18 Å². The molecule has 0 spiro atoms. The number of benzene rings is 2. The normalized spacial score (nSPS) is 10.2. The van der Waals surface area contributed by atoms with Gasteiger partial charge >= 0.3 is 5.97 Å². The van der Waals surface area contributed by atoms with Crippen molar-refractivity contribution in [3.63, 3.8) is 0 Å². The number of anilines is 4. The number of carbonyl (C=O) groups is 1. The molecule has 0 amide bonds. The number of rotatable bonds is 5. The largest absolute Gasteiger partial charge is 0.478 e. The van der Waals surface area contributed by atoms with Crippen LogP contribution >= 0.6 is 0 Å². The maximum Gasteiger partial charge on any atom is 0.335 e. The first-order valence-electron chi connectivity index (χ1n) is 7.07. The van der Waals surface area contributed by atoms with Crippen LogP contribution in [0.5, 0.6) is 0 Å². The minimum Gasteiger partial charge on any atom is -0.478 e. The average Bonchev–Trinajstić information content (AvgIpc) is 2.59. The van der Waals surface area contributed by atoms with E-state index in [1.807, 2.05) is 30.3 Å². The van der Waals surface area contributed by atoms with Gasteiger partial charge in [0.1, 0.15) is 0 Å². The van der Waals surface area contributed by atoms with E-state index in [1.54, 1.807) is 0 Å². The summed E-state index contributed by atoms with van der Waals surface area (Å²) in [5.41, 5.74) is 1.44. The maximum absolute atomic E-state index is 13.9. The molecule has 24 heavy (non-hydrogen) atoms. The van der Waals surface area contributed by atoms with Crippen molar-refractivity contribution in [2.75, 3.05) is 10.6 Å². The number of aromatic carboxylic acids is 1. The van der Waals surface area contributed by atoms with Crippen LogP contribution in [0.1, 0.15) is 10.4 Å². The molecule has 2 aromatic carbocycles. The number of carboxylic acids is 1. The first kappa shape index (κ1) is 15.4. The van der Waals surface area contributed by atoms with Gasteiger partial charge in [0, 0.05) is 11.4 Å². The Morgan fingerprint density at radius 2 is 1.62 bits per heavy atom. The lowest BCUT2D eigenvalue weighted by Crippen LogP contribution is -2.03. The van der Waals surface area contributed by atoms with Crippen molar-refractivity contribution in [2.24, 2.45) is 0 Å². The van der Waals surface area contributed by atoms with Crippen LogP contribution in [0.3, 0.4) is 0 Å². The third-order valence-electron chi connectivity index (χ3n) is 3.17. The van der Waals surface area contributed by atoms with Crippen LogP contribution in [-0.4, -0.2) is 21.0 Å². The second-order valence-corrected chi connectivity index (χ2v) is 4.89. The van der Waals surface area contributed by atoms with Crippen molar-refractivity contribution in [3.05, 3.63) is 72.2 Å². The second kappa shape index (κ2) is 6.74. The highest BCUT2D eigenvalue weighted by molar-refractivity contribution is 5.88. The number of nitrogens with zero attached hydrogens (tertiary/aromatic N) is 2. The number of hydrogen-bond acceptors (Lipinski definition) is 5. The van der Waals surface area contributed by atoms with Gasteiger partial charge in [0.15, 0.2) is 11.6 Å². The van der Waals surface area contributed by atoms with Crippen molar-refractivity contribution in [2.45, 2.75) is 0 Å². The van der Waals surface area contributed by atoms with Gasteiger partial charge in [-0.2, -0.15) is 4.98 Å². The molecule has 6 nitrogen and oxygen atoms in total. The molecule has 120 valence electrons. The highest BCUT2D eigenvalue weighted by atomic mass is 19.1. The van der Waals surface area contributed by atoms with E-state index in [-0.39, 0.29) is 17.3 Å². The Labute approximate surface area is 137 Å². The van der Waals surface area contributed by atoms with Gasteiger partial charge in [-0.05, 0) is 36.4 Å². The quantitative estimate of drug-likeness (QED) is 0.662. The van der Waals surface area contributed by atoms with Gasteiger partial charge in [-0.25, -0.2) is 14.2 Å². The predicted molar refractivity (Wildman–Crippen MR) is 88.4 cm³/mol. The summed E-state index contributed by atoms with van der Waals surface area (Å²) in [4.78, 5) is 18.8. The van der Waals surface area contributed by atoms with Gasteiger partial charge in [0.25, 0.3) is 0 Å². The Bertz CT molecular complexity index is 854. The zero-order valence-electron chi connectivity index (χ0n) is 12.4. The van der Waals surface area contributed by atoms with E-state index in [0.29, 0.717) is 5.69 Å². The van der Waals surface area contributed by atoms with Gasteiger partial charge in [-0.3, -0.25) is 0 Å². The molecular formula is C17H13FN4O2. The molecule has 0 saturated heterocycles. The molecule has 3 N–H and O–H groups in total. The summed E-state index contributed by atoms with van der Waals surface area (Å²) in [5.74, 6) is -1.40. The van der Waals surface area contributed by atoms with Gasteiger partial charge in [-0.1, -0.05) is 18.2 Å². The lowest BCUT2D eigenvalue weighted by Gasteiger charge is -2.09. The van der Waals surface area contributed by atoms with Gasteiger partial charge in [-0.15, -0.1) is 0 Å². The van der Waals surface area contributed by atoms with Crippen LogP contribution in [0.2, 0.25) is 0 Å². The number of halogens is 1. The van der Waals surface area contributed by atoms with Crippen LogP contribution in [0.4, 0.5) is 27.5 Å². The zero-order valence-corrected chi connectivity index (χ0v) is 12.4. The standard InChI is InChI=1S/C17H13FN4O2/c18-14-10-19-17(21-12-4-2-1-3-5-12)22-15(14)20-13-8-6-11(7-9-13)16(23)24/h1-10H,(H,23,24)(H2,19,20,21,22). The highest BCUT2D eigenvalue weighted by Gasteiger charge is 2.08. The number of carboxylic acid groups (broad SMARTS) is 1. The van der Waals surface area contributed by atoms with E-state index >= 15 is 0 Å². The van der Waals surface area contributed by atoms with Gasteiger partial charge in [0.05, 0.1) is 11.8 Å². The number of hydrogen-bond donors (Lipinski definition) is 3. The molecular weight excluding hydrogens is 311 g/mol. The van der Waals surface area contributed by atoms with E-state index in [2.05, 4.69) is 20.6 Å². The topological polar surface area (TPSA) is 87.1 Å². The molecule has 0 radical (unpaired) electrons. The molecule has 0 saturated carbocycles. The number of aromatic nitrogens is 2. The third kappa shape index (κ3) is 3.64. The van der Waals surface area contributed by atoms with Crippen LogP contribution in [-0.2, 0) is 0 Å². The minimum absolute atomic E-state index is 0.00786. The van der Waals surface area contributed by atoms with Crippen molar-refractivity contribution in [3.8, 4) is 0 Å². The van der Waals surface area contributed by atoms with Crippen LogP contribution in [0.15, 0.2) is 60.8 Å². The summed E-state index contributed by atoms with van der Waals surface area (Å²) in [7, 11) is 0. The summed E-state index contributed by atoms with van der Waals surface area (Å²) in [6, 6.07) is 15.2. The molecule has 0 unspecified atom stereocenters. The van der Waals surface area contributed by atoms with Crippen molar-refractivity contribution in [1.29, 1.82) is 0 Å². The molecule has 3 aromatic rings. The fourth-order valence-corrected chi connectivity index (χ4v) is 2.00. The number of nitrogens with one attached hydrogen (secondary N) is 2. The first-order valence-corrected chi connectivity index (χ1v) is 7.07. The Kier molecular flexibility index (Phi) is 4.33. The molecule has 0 fully saturated rings. The number of para-hydroxylation sites is 1. The minimum atomic E-state index is -1.02. The van der Waals surface area contributed by atoms with Gasteiger partial charge in [0.2, 0.25) is 5.95 Å². The van der Waals surface area contributed by atoms with Crippen LogP contribution in [0.25, 0.3) is 0 Å². The summed E-state index contributed by atoms with van der Waals surface area (Å²) in [6.45, 7) is 0. The lowest BCUT2D eigenvalue weighted by molar-refractivity contribution is 0.0697. The lowest BCUT2D eigenvalue weighted by atomic mass is 10.2. The van der Waals surface area contributed by atoms with Crippen molar-refractivity contribution in [1.82, 2.24) is 9.97 Å². The Morgan fingerprint density at radius 1 is 0.958 bits per heavy atom. The fourth-order valence-electron chi connectivity index (χ4n) is 2.00. The van der Waals surface area contributed by atoms with Crippen LogP contribution in [0, 0.1) is 5.82 Å². The van der Waals surface area contributed by atoms with Crippen LogP contribution < -0.4 is 10.6 Å². The Morgan fingerprint density at radius 3 is 2.29 bits per heavy atom. The van der Waals surface area contributed by atoms with E-state index in [0.717, 1.165) is 11.9 Å². The monoisotopic (exact) mass is 324 g/mol. The van der Waals surface area contributed by atoms with Crippen molar-refractivity contribution < 1.29 is 14.3 Å². The SMILES string of the molecule is O=C(O)c1ccc(Nc2nc(Nc3ccccc3)ncc2F)cc1. The summed E-state index contributed by atoms with van der Waals surface area (Å²) < 4.78 is 13.9. The second-order valence-electron chi connectivity index (χ2n) is 4.89. The highest BCUT2D eigenvalue weighted by Crippen LogP contribution is 2.20. The molecule has 0 aliphatic heterocycles. The smallest absolute Gasteiger partial charge is 0.335 e. The molecule has 0 aliphatic rings. The average molecular weight is 324 g/mol. The van der Waals surface area contributed by atoms with E-state index in [4.69, 9.17) is 5.11 Å². The molecule has 1 aromatic heterocycles. The molecule has 0 aliphatic carbocycles. The zero-order chi connectivity index (χ0) is 16.9. The summed E-state index contributed by atoms with van der Waals surface area (Å²) in [6.07, 6.45) is 1.06. The molecule has 1 heterocycles. The first-order chi connectivity index (χ1) is 11.6. The Hall–Kier alpha value is -3.48. The van der Waals surface area contributed by atoms with Crippen molar-refractivity contribution >= 4 is 29.1 Å². The molecule has 0 atom stereocenters. The van der Waals surface area contributed by atoms with E-state index < -0.39 is 11.8 Å².